The molecule has 1 saturated heterocycles. The second kappa shape index (κ2) is 6.75. The van der Waals surface area contributed by atoms with E-state index in [1.807, 2.05) is 29.2 Å². The van der Waals surface area contributed by atoms with E-state index in [1.165, 1.54) is 0 Å². The van der Waals surface area contributed by atoms with Crippen molar-refractivity contribution in [3.8, 4) is 0 Å². The minimum absolute atomic E-state index is 0.118. The van der Waals surface area contributed by atoms with Crippen LogP contribution in [0.5, 0.6) is 0 Å². The highest BCUT2D eigenvalue weighted by atomic mass is 16.5. The van der Waals surface area contributed by atoms with Crippen LogP contribution in [-0.4, -0.2) is 43.7 Å². The van der Waals surface area contributed by atoms with Gasteiger partial charge in [-0.2, -0.15) is 0 Å². The van der Waals surface area contributed by atoms with Crippen molar-refractivity contribution in [3.63, 3.8) is 0 Å². The molecule has 1 aliphatic heterocycles. The van der Waals surface area contributed by atoms with Crippen LogP contribution in [0.25, 0.3) is 0 Å². The lowest BCUT2D eigenvalue weighted by Gasteiger charge is -2.20. The number of likely N-dealkylation sites (tertiary alicyclic amines) is 1. The fourth-order valence-electron chi connectivity index (χ4n) is 2.67. The maximum Gasteiger partial charge on any atom is 0.255 e. The lowest BCUT2D eigenvalue weighted by atomic mass is 10.1. The molecule has 4 heteroatoms. The van der Waals surface area contributed by atoms with Gasteiger partial charge in [-0.15, -0.1) is 0 Å². The van der Waals surface area contributed by atoms with Gasteiger partial charge in [-0.1, -0.05) is 12.1 Å². The quantitative estimate of drug-likeness (QED) is 0.899. The molecule has 1 heterocycles. The highest BCUT2D eigenvalue weighted by molar-refractivity contribution is 5.99. The van der Waals surface area contributed by atoms with Crippen LogP contribution < -0.4 is 5.32 Å². The maximum atomic E-state index is 12.6. The number of benzene rings is 1. The van der Waals surface area contributed by atoms with Gasteiger partial charge in [0, 0.05) is 37.8 Å². The largest absolute Gasteiger partial charge is 0.384 e. The van der Waals surface area contributed by atoms with Gasteiger partial charge >= 0.3 is 0 Å². The highest BCUT2D eigenvalue weighted by Gasteiger charge is 2.27. The van der Waals surface area contributed by atoms with Crippen molar-refractivity contribution >= 4 is 11.6 Å². The number of anilines is 1. The Kier molecular flexibility index (Phi) is 5.01. The number of hydrogen-bond donors (Lipinski definition) is 1. The molecule has 1 atom stereocenters. The predicted molar refractivity (Wildman–Crippen MR) is 81.1 cm³/mol. The number of hydrogen-bond acceptors (Lipinski definition) is 3. The van der Waals surface area contributed by atoms with Crippen LogP contribution in [0.4, 0.5) is 5.69 Å². The monoisotopic (exact) mass is 276 g/mol. The van der Waals surface area contributed by atoms with Crippen molar-refractivity contribution < 1.29 is 9.53 Å². The molecule has 20 heavy (non-hydrogen) atoms. The lowest BCUT2D eigenvalue weighted by Crippen LogP contribution is -2.30. The molecular weight excluding hydrogens is 252 g/mol. The molecule has 2 rings (SSSR count). The molecular formula is C16H24N2O2. The molecule has 1 fully saturated rings. The molecule has 1 unspecified atom stereocenters. The molecule has 1 aromatic carbocycles. The molecule has 110 valence electrons. The zero-order chi connectivity index (χ0) is 14.5. The summed E-state index contributed by atoms with van der Waals surface area (Å²) in [6.07, 6.45) is 1.03. The molecule has 0 saturated carbocycles. The molecule has 1 N–H and O–H groups in total. The van der Waals surface area contributed by atoms with Gasteiger partial charge in [0.05, 0.1) is 12.2 Å². The number of para-hydroxylation sites is 1. The molecule has 1 aliphatic rings. The average Bonchev–Trinajstić information content (AvgIpc) is 2.87. The Morgan fingerprint density at radius 3 is 2.90 bits per heavy atom. The van der Waals surface area contributed by atoms with Gasteiger partial charge in [-0.3, -0.25) is 4.79 Å². The topological polar surface area (TPSA) is 41.6 Å². The second-order valence-corrected chi connectivity index (χ2v) is 5.71. The Hall–Kier alpha value is -1.55. The van der Waals surface area contributed by atoms with Gasteiger partial charge in [-0.05, 0) is 32.4 Å². The summed E-state index contributed by atoms with van der Waals surface area (Å²) in [4.78, 5) is 14.6. The summed E-state index contributed by atoms with van der Waals surface area (Å²) in [6.45, 7) is 6.50. The number of ether oxygens (including phenoxy) is 1. The first-order valence-corrected chi connectivity index (χ1v) is 7.25. The average molecular weight is 276 g/mol. The normalized spacial score (nSPS) is 18.6. The Bertz CT molecular complexity index is 460. The maximum absolute atomic E-state index is 12.6. The van der Waals surface area contributed by atoms with Crippen LogP contribution in [0.1, 0.15) is 30.6 Å². The number of rotatable bonds is 5. The summed E-state index contributed by atoms with van der Waals surface area (Å²) in [6, 6.07) is 8.05. The van der Waals surface area contributed by atoms with E-state index in [2.05, 4.69) is 19.2 Å². The highest BCUT2D eigenvalue weighted by Crippen LogP contribution is 2.23. The van der Waals surface area contributed by atoms with Gasteiger partial charge in [0.25, 0.3) is 5.91 Å². The van der Waals surface area contributed by atoms with Crippen LogP contribution in [0.2, 0.25) is 0 Å². The van der Waals surface area contributed by atoms with Gasteiger partial charge < -0.3 is 15.0 Å². The SMILES string of the molecule is COCC1CCN(C(=O)c2ccccc2NC(C)C)C1. The fraction of sp³-hybridized carbons (Fsp3) is 0.562. The van der Waals surface area contributed by atoms with E-state index in [-0.39, 0.29) is 5.91 Å². The van der Waals surface area contributed by atoms with Crippen LogP contribution in [0.3, 0.4) is 0 Å². The van der Waals surface area contributed by atoms with E-state index in [4.69, 9.17) is 4.74 Å². The minimum atomic E-state index is 0.118. The number of carbonyl (C=O) groups is 1. The molecule has 0 aromatic heterocycles. The Labute approximate surface area is 121 Å². The number of nitrogens with one attached hydrogen (secondary N) is 1. The third kappa shape index (κ3) is 3.51. The van der Waals surface area contributed by atoms with E-state index in [0.717, 1.165) is 37.4 Å². The summed E-state index contributed by atoms with van der Waals surface area (Å²) in [5.74, 6) is 0.585. The van der Waals surface area contributed by atoms with Gasteiger partial charge in [0.15, 0.2) is 0 Å². The lowest BCUT2D eigenvalue weighted by molar-refractivity contribution is 0.0776. The second-order valence-electron chi connectivity index (χ2n) is 5.71. The van der Waals surface area contributed by atoms with Crippen molar-refractivity contribution in [1.82, 2.24) is 4.90 Å². The first-order valence-electron chi connectivity index (χ1n) is 7.25. The summed E-state index contributed by atoms with van der Waals surface area (Å²) in [5, 5.41) is 3.34. The first-order chi connectivity index (χ1) is 9.61. The van der Waals surface area contributed by atoms with E-state index >= 15 is 0 Å². The van der Waals surface area contributed by atoms with Crippen LogP contribution in [0.15, 0.2) is 24.3 Å². The molecule has 4 nitrogen and oxygen atoms in total. The van der Waals surface area contributed by atoms with Crippen molar-refractivity contribution in [3.05, 3.63) is 29.8 Å². The van der Waals surface area contributed by atoms with Gasteiger partial charge in [0.2, 0.25) is 0 Å². The van der Waals surface area contributed by atoms with Gasteiger partial charge in [-0.25, -0.2) is 0 Å². The zero-order valence-electron chi connectivity index (χ0n) is 12.6. The van der Waals surface area contributed by atoms with E-state index in [0.29, 0.717) is 12.0 Å². The molecule has 0 radical (unpaired) electrons. The third-order valence-electron chi connectivity index (χ3n) is 3.58. The van der Waals surface area contributed by atoms with E-state index in [1.54, 1.807) is 7.11 Å². The number of amides is 1. The number of methoxy groups -OCH3 is 1. The third-order valence-corrected chi connectivity index (χ3v) is 3.58. The number of nitrogens with zero attached hydrogens (tertiary/aromatic N) is 1. The predicted octanol–water partition coefficient (Wildman–Crippen LogP) is 2.62. The summed E-state index contributed by atoms with van der Waals surface area (Å²) in [7, 11) is 1.71. The smallest absolute Gasteiger partial charge is 0.255 e. The summed E-state index contributed by atoms with van der Waals surface area (Å²) in [5.41, 5.74) is 1.68. The fourth-order valence-corrected chi connectivity index (χ4v) is 2.67. The van der Waals surface area contributed by atoms with Crippen molar-refractivity contribution in [2.75, 3.05) is 32.1 Å². The zero-order valence-corrected chi connectivity index (χ0v) is 12.6. The first kappa shape index (κ1) is 14.9. The van der Waals surface area contributed by atoms with Crippen LogP contribution in [-0.2, 0) is 4.74 Å². The molecule has 1 aromatic rings. The molecule has 0 aliphatic carbocycles. The van der Waals surface area contributed by atoms with Crippen molar-refractivity contribution in [2.45, 2.75) is 26.3 Å². The van der Waals surface area contributed by atoms with Crippen LogP contribution >= 0.6 is 0 Å². The minimum Gasteiger partial charge on any atom is -0.384 e. The van der Waals surface area contributed by atoms with Crippen LogP contribution in [0, 0.1) is 5.92 Å². The van der Waals surface area contributed by atoms with Crippen molar-refractivity contribution in [1.29, 1.82) is 0 Å². The molecule has 1 amide bonds. The Balaban J connectivity index is 2.10. The summed E-state index contributed by atoms with van der Waals surface area (Å²) < 4.78 is 5.19. The molecule has 0 spiro atoms. The summed E-state index contributed by atoms with van der Waals surface area (Å²) >= 11 is 0. The molecule has 0 bridgehead atoms. The van der Waals surface area contributed by atoms with E-state index < -0.39 is 0 Å². The van der Waals surface area contributed by atoms with E-state index in [9.17, 15) is 4.79 Å². The number of carbonyl (C=O) groups excluding carboxylic acids is 1. The van der Waals surface area contributed by atoms with Gasteiger partial charge in [0.1, 0.15) is 0 Å². The Morgan fingerprint density at radius 1 is 1.45 bits per heavy atom. The standard InChI is InChI=1S/C16H24N2O2/c1-12(2)17-15-7-5-4-6-14(15)16(19)18-9-8-13(10-18)11-20-3/h4-7,12-13,17H,8-11H2,1-3H3. The Morgan fingerprint density at radius 2 is 2.20 bits per heavy atom. The van der Waals surface area contributed by atoms with Crippen molar-refractivity contribution in [2.24, 2.45) is 5.92 Å².